The predicted molar refractivity (Wildman–Crippen MR) is 374 cm³/mol. The van der Waals surface area contributed by atoms with Crippen LogP contribution in [0.3, 0.4) is 0 Å². The van der Waals surface area contributed by atoms with Crippen molar-refractivity contribution in [2.75, 3.05) is 26.4 Å². The van der Waals surface area contributed by atoms with E-state index >= 15 is 0 Å². The van der Waals surface area contributed by atoms with Gasteiger partial charge in [-0.15, -0.1) is 0 Å². The second kappa shape index (κ2) is 57.2. The molecular formula is C76H137NO18. The smallest absolute Gasteiger partial charge is 0.220 e. The highest BCUT2D eigenvalue weighted by Gasteiger charge is 2.53. The number of allylic oxidation sites excluding steroid dienone is 9. The van der Waals surface area contributed by atoms with Crippen LogP contribution in [0.15, 0.2) is 60.8 Å². The molecule has 0 aromatic heterocycles. The molecule has 17 atom stereocenters. The van der Waals surface area contributed by atoms with Gasteiger partial charge in [0.05, 0.1) is 38.6 Å². The van der Waals surface area contributed by atoms with Gasteiger partial charge in [0.2, 0.25) is 5.91 Å². The Hall–Kier alpha value is -2.51. The lowest BCUT2D eigenvalue weighted by Crippen LogP contribution is -2.66. The van der Waals surface area contributed by atoms with Crippen molar-refractivity contribution in [2.45, 2.75) is 388 Å². The van der Waals surface area contributed by atoms with Gasteiger partial charge in [-0.25, -0.2) is 0 Å². The summed E-state index contributed by atoms with van der Waals surface area (Å²) < 4.78 is 34.2. The molecule has 0 aromatic rings. The van der Waals surface area contributed by atoms with Gasteiger partial charge in [-0.2, -0.15) is 0 Å². The van der Waals surface area contributed by atoms with Gasteiger partial charge >= 0.3 is 0 Å². The number of aliphatic hydroxyl groups excluding tert-OH is 11. The average molecular weight is 1350 g/mol. The molecular weight excluding hydrogens is 1210 g/mol. The van der Waals surface area contributed by atoms with Crippen molar-refractivity contribution < 1.29 is 89.4 Å². The molecule has 3 aliphatic heterocycles. The maximum Gasteiger partial charge on any atom is 0.220 e. The van der Waals surface area contributed by atoms with E-state index in [1.165, 1.54) is 193 Å². The molecule has 554 valence electrons. The van der Waals surface area contributed by atoms with Crippen LogP contribution in [0.2, 0.25) is 0 Å². The number of rotatable bonds is 59. The lowest BCUT2D eigenvalue weighted by Gasteiger charge is -2.48. The minimum atomic E-state index is -1.98. The van der Waals surface area contributed by atoms with E-state index in [0.29, 0.717) is 12.8 Å². The van der Waals surface area contributed by atoms with Gasteiger partial charge < -0.3 is 89.9 Å². The van der Waals surface area contributed by atoms with Crippen molar-refractivity contribution in [3.05, 3.63) is 60.8 Å². The second-order valence-corrected chi connectivity index (χ2v) is 27.1. The third-order valence-corrected chi connectivity index (χ3v) is 18.8. The Morgan fingerprint density at radius 3 is 1.15 bits per heavy atom. The van der Waals surface area contributed by atoms with E-state index in [2.05, 4.69) is 67.8 Å². The molecule has 95 heavy (non-hydrogen) atoms. The number of amides is 1. The van der Waals surface area contributed by atoms with Crippen LogP contribution in [0.5, 0.6) is 0 Å². The Morgan fingerprint density at radius 1 is 0.379 bits per heavy atom. The van der Waals surface area contributed by atoms with Gasteiger partial charge in [0, 0.05) is 6.42 Å². The van der Waals surface area contributed by atoms with Crippen molar-refractivity contribution in [1.29, 1.82) is 0 Å². The molecule has 3 rings (SSSR count). The van der Waals surface area contributed by atoms with Gasteiger partial charge in [0.1, 0.15) is 73.2 Å². The summed E-state index contributed by atoms with van der Waals surface area (Å²) in [4.78, 5) is 13.4. The number of carbonyl (C=O) groups is 1. The molecule has 3 aliphatic rings. The van der Waals surface area contributed by atoms with E-state index in [0.717, 1.165) is 57.8 Å². The highest BCUT2D eigenvalue weighted by atomic mass is 16.8. The molecule has 19 heteroatoms. The first-order chi connectivity index (χ1) is 46.3. The number of unbranched alkanes of at least 4 members (excludes halogenated alkanes) is 35. The number of carbonyl (C=O) groups excluding carboxylic acids is 1. The van der Waals surface area contributed by atoms with E-state index < -0.39 is 124 Å². The van der Waals surface area contributed by atoms with Crippen molar-refractivity contribution in [2.24, 2.45) is 0 Å². The molecule has 0 radical (unpaired) electrons. The molecule has 0 aliphatic carbocycles. The molecule has 1 amide bonds. The molecule has 0 saturated carbocycles. The van der Waals surface area contributed by atoms with Gasteiger partial charge in [0.25, 0.3) is 0 Å². The van der Waals surface area contributed by atoms with Crippen LogP contribution >= 0.6 is 0 Å². The summed E-state index contributed by atoms with van der Waals surface area (Å²) in [6.07, 6.45) is 45.7. The fourth-order valence-electron chi connectivity index (χ4n) is 12.6. The molecule has 12 N–H and O–H groups in total. The van der Waals surface area contributed by atoms with Crippen molar-refractivity contribution in [3.8, 4) is 0 Å². The van der Waals surface area contributed by atoms with Gasteiger partial charge in [-0.3, -0.25) is 4.79 Å². The average Bonchev–Trinajstić information content (AvgIpc) is 0.795. The summed E-state index contributed by atoms with van der Waals surface area (Å²) in [7, 11) is 0. The van der Waals surface area contributed by atoms with Crippen LogP contribution in [-0.2, 0) is 33.2 Å². The van der Waals surface area contributed by atoms with Crippen molar-refractivity contribution >= 4 is 5.91 Å². The Labute approximate surface area is 573 Å². The first-order valence-electron chi connectivity index (χ1n) is 38.0. The zero-order valence-electron chi connectivity index (χ0n) is 58.9. The number of ether oxygens (including phenoxy) is 6. The second-order valence-electron chi connectivity index (χ2n) is 27.1. The molecule has 0 bridgehead atoms. The summed E-state index contributed by atoms with van der Waals surface area (Å²) >= 11 is 0. The van der Waals surface area contributed by atoms with Gasteiger partial charge in [-0.05, 0) is 70.6 Å². The van der Waals surface area contributed by atoms with Crippen molar-refractivity contribution in [1.82, 2.24) is 5.32 Å². The van der Waals surface area contributed by atoms with E-state index in [-0.39, 0.29) is 18.9 Å². The molecule has 3 fully saturated rings. The van der Waals surface area contributed by atoms with E-state index in [1.54, 1.807) is 6.08 Å². The first-order valence-corrected chi connectivity index (χ1v) is 38.0. The fourth-order valence-corrected chi connectivity index (χ4v) is 12.6. The molecule has 3 saturated heterocycles. The number of hydrogen-bond donors (Lipinski definition) is 12. The quantitative estimate of drug-likeness (QED) is 0.0199. The Bertz CT molecular complexity index is 1950. The van der Waals surface area contributed by atoms with Crippen molar-refractivity contribution in [3.63, 3.8) is 0 Å². The summed E-state index contributed by atoms with van der Waals surface area (Å²) in [6.45, 7) is 1.64. The number of hydrogen-bond acceptors (Lipinski definition) is 18. The third-order valence-electron chi connectivity index (χ3n) is 18.8. The molecule has 3 heterocycles. The molecule has 0 aromatic carbocycles. The summed E-state index contributed by atoms with van der Waals surface area (Å²) in [6, 6.07) is -0.987. The minimum absolute atomic E-state index is 0.237. The zero-order valence-corrected chi connectivity index (χ0v) is 58.9. The largest absolute Gasteiger partial charge is 0.394 e. The van der Waals surface area contributed by atoms with Crippen LogP contribution in [0, 0.1) is 0 Å². The lowest BCUT2D eigenvalue weighted by molar-refractivity contribution is -0.379. The summed E-state index contributed by atoms with van der Waals surface area (Å²) in [5.41, 5.74) is 0. The van der Waals surface area contributed by atoms with Crippen LogP contribution in [0.4, 0.5) is 0 Å². The predicted octanol–water partition coefficient (Wildman–Crippen LogP) is 11.5. The maximum atomic E-state index is 13.4. The monoisotopic (exact) mass is 1350 g/mol. The molecule has 0 spiro atoms. The normalized spacial score (nSPS) is 27.5. The fraction of sp³-hybridized carbons (Fsp3) is 0.855. The van der Waals surface area contributed by atoms with E-state index in [4.69, 9.17) is 28.4 Å². The Morgan fingerprint density at radius 2 is 0.705 bits per heavy atom. The standard InChI is InChI=1S/C76H137NO18/c1-3-5-7-9-11-13-14-15-16-17-18-19-20-21-22-23-24-25-26-27-28-29-30-31-32-33-34-35-36-37-38-39-40-41-42-43-44-46-48-50-52-54-64(82)77-59(60(81)53-51-49-47-45-12-10-8-6-4-2)58-90-74-70(88)67(85)72(62(56-79)92-74)95-76-71(89)68(86)73(63(57-80)93-76)94-75-69(87)66(84)65(83)61(55-78)91-75/h12,14-15,17-18,20-21,45,51,53,59-63,65-76,78-81,83-89H,3-11,13,16,19,22-44,46-50,52,54-58H2,1-2H3,(H,77,82)/b15-14-,18-17-,21-20-,45-12+,53-51+. The van der Waals surface area contributed by atoms with Gasteiger partial charge in [-0.1, -0.05) is 267 Å². The third kappa shape index (κ3) is 38.2. The molecule has 17 unspecified atom stereocenters. The summed E-state index contributed by atoms with van der Waals surface area (Å²) in [5.74, 6) is -0.285. The highest BCUT2D eigenvalue weighted by Crippen LogP contribution is 2.33. The summed E-state index contributed by atoms with van der Waals surface area (Å²) in [5, 5.41) is 120. The highest BCUT2D eigenvalue weighted by molar-refractivity contribution is 5.76. The topological polar surface area (TPSA) is 307 Å². The first kappa shape index (κ1) is 86.7. The minimum Gasteiger partial charge on any atom is -0.394 e. The van der Waals surface area contributed by atoms with Gasteiger partial charge in [0.15, 0.2) is 18.9 Å². The van der Waals surface area contributed by atoms with E-state index in [9.17, 15) is 61.0 Å². The maximum absolute atomic E-state index is 13.4. The van der Waals surface area contributed by atoms with Crippen LogP contribution in [0.25, 0.3) is 0 Å². The SMILES string of the molecule is CCCCC/C=C/CC/C=C/C(O)C(COC1OC(CO)C(OC2OC(CO)C(OC3OC(CO)C(O)C(O)C3O)C(O)C2O)C(O)C1O)NC(=O)CCCCCCCCCCCCCCCCCCCCCCCCCCCC/C=C\C/C=C\C/C=C\CCCCCCC. The van der Waals surface area contributed by atoms with Crippen LogP contribution < -0.4 is 5.32 Å². The van der Waals surface area contributed by atoms with Crippen LogP contribution in [-0.4, -0.2) is 193 Å². The Balaban J connectivity index is 1.24. The number of nitrogens with one attached hydrogen (secondary N) is 1. The van der Waals surface area contributed by atoms with E-state index in [1.807, 2.05) is 6.08 Å². The molecule has 19 nitrogen and oxygen atoms in total. The lowest BCUT2D eigenvalue weighted by atomic mass is 9.96. The van der Waals surface area contributed by atoms with Crippen LogP contribution in [0.1, 0.15) is 284 Å². The number of aliphatic hydroxyl groups is 11. The zero-order chi connectivity index (χ0) is 68.9. The Kier molecular flexibility index (Phi) is 52.2.